The standard InChI is InChI=1S/C13H23N3S/c1-9(2)12-8-14-13(17)16(12)15-10(3)6-5-7-11(15)4/h8-11H,5-7H2,1-4H3,(H,14,17). The number of H-pyrrole nitrogens is 1. The van der Waals surface area contributed by atoms with E-state index < -0.39 is 0 Å². The fourth-order valence-corrected chi connectivity index (χ4v) is 3.09. The van der Waals surface area contributed by atoms with Crippen LogP contribution in [0.15, 0.2) is 6.20 Å². The number of aromatic nitrogens is 2. The molecule has 17 heavy (non-hydrogen) atoms. The highest BCUT2D eigenvalue weighted by Gasteiger charge is 2.27. The highest BCUT2D eigenvalue weighted by molar-refractivity contribution is 7.71. The number of hydrogen-bond donors (Lipinski definition) is 1. The molecule has 1 aliphatic heterocycles. The van der Waals surface area contributed by atoms with E-state index in [-0.39, 0.29) is 0 Å². The second kappa shape index (κ2) is 4.84. The molecule has 96 valence electrons. The minimum Gasteiger partial charge on any atom is -0.336 e. The Balaban J connectivity index is 2.44. The van der Waals surface area contributed by atoms with Gasteiger partial charge in [-0.2, -0.15) is 0 Å². The van der Waals surface area contributed by atoms with Crippen LogP contribution in [-0.2, 0) is 0 Å². The number of hydrogen-bond acceptors (Lipinski definition) is 2. The quantitative estimate of drug-likeness (QED) is 0.815. The number of imidazole rings is 1. The van der Waals surface area contributed by atoms with Crippen molar-refractivity contribution < 1.29 is 0 Å². The molecule has 2 atom stereocenters. The first-order valence-corrected chi connectivity index (χ1v) is 7.02. The lowest BCUT2D eigenvalue weighted by Crippen LogP contribution is -2.51. The maximum atomic E-state index is 5.44. The number of aromatic amines is 1. The summed E-state index contributed by atoms with van der Waals surface area (Å²) in [5.41, 5.74) is 1.29. The second-order valence-electron chi connectivity index (χ2n) is 5.49. The van der Waals surface area contributed by atoms with Gasteiger partial charge < -0.3 is 9.99 Å². The first-order valence-electron chi connectivity index (χ1n) is 6.61. The number of piperidine rings is 1. The molecule has 2 unspecified atom stereocenters. The molecule has 0 spiro atoms. The summed E-state index contributed by atoms with van der Waals surface area (Å²) in [6, 6.07) is 1.14. The molecule has 1 aromatic rings. The molecule has 1 N–H and O–H groups in total. The maximum Gasteiger partial charge on any atom is 0.196 e. The zero-order valence-electron chi connectivity index (χ0n) is 11.2. The maximum absolute atomic E-state index is 5.44. The predicted molar refractivity (Wildman–Crippen MR) is 74.7 cm³/mol. The number of nitrogens with zero attached hydrogens (tertiary/aromatic N) is 2. The average molecular weight is 253 g/mol. The second-order valence-corrected chi connectivity index (χ2v) is 5.88. The molecule has 1 aliphatic rings. The van der Waals surface area contributed by atoms with Crippen LogP contribution in [0.3, 0.4) is 0 Å². The molecule has 0 amide bonds. The van der Waals surface area contributed by atoms with Gasteiger partial charge in [0.15, 0.2) is 4.77 Å². The average Bonchev–Trinajstić information content (AvgIpc) is 2.61. The third-order valence-electron chi connectivity index (χ3n) is 3.75. The van der Waals surface area contributed by atoms with Crippen LogP contribution in [0.1, 0.15) is 58.6 Å². The fraction of sp³-hybridized carbons (Fsp3) is 0.769. The van der Waals surface area contributed by atoms with Crippen molar-refractivity contribution in [1.29, 1.82) is 0 Å². The van der Waals surface area contributed by atoms with Gasteiger partial charge in [0, 0.05) is 18.3 Å². The van der Waals surface area contributed by atoms with Gasteiger partial charge in [-0.15, -0.1) is 0 Å². The van der Waals surface area contributed by atoms with Crippen molar-refractivity contribution in [3.63, 3.8) is 0 Å². The summed E-state index contributed by atoms with van der Waals surface area (Å²) >= 11 is 5.44. The Morgan fingerprint density at radius 2 is 1.88 bits per heavy atom. The van der Waals surface area contributed by atoms with Crippen molar-refractivity contribution in [1.82, 2.24) is 9.66 Å². The number of rotatable bonds is 2. The van der Waals surface area contributed by atoms with E-state index in [2.05, 4.69) is 48.6 Å². The van der Waals surface area contributed by atoms with E-state index in [0.29, 0.717) is 18.0 Å². The summed E-state index contributed by atoms with van der Waals surface area (Å²) < 4.78 is 3.06. The molecule has 0 saturated carbocycles. The fourth-order valence-electron chi connectivity index (χ4n) is 2.83. The highest BCUT2D eigenvalue weighted by Crippen LogP contribution is 2.24. The van der Waals surface area contributed by atoms with E-state index >= 15 is 0 Å². The van der Waals surface area contributed by atoms with Gasteiger partial charge in [0.2, 0.25) is 0 Å². The highest BCUT2D eigenvalue weighted by atomic mass is 32.1. The smallest absolute Gasteiger partial charge is 0.196 e. The Hall–Kier alpha value is -0.770. The molecule has 0 aliphatic carbocycles. The molecular weight excluding hydrogens is 230 g/mol. The van der Waals surface area contributed by atoms with Crippen LogP contribution in [0.5, 0.6) is 0 Å². The van der Waals surface area contributed by atoms with Crippen molar-refractivity contribution in [3.8, 4) is 0 Å². The van der Waals surface area contributed by atoms with Gasteiger partial charge in [-0.05, 0) is 51.2 Å². The molecule has 4 heteroatoms. The molecule has 0 aromatic carbocycles. The summed E-state index contributed by atoms with van der Waals surface area (Å²) in [5.74, 6) is 0.490. The van der Waals surface area contributed by atoms with Gasteiger partial charge in [-0.3, -0.25) is 0 Å². The summed E-state index contributed by atoms with van der Waals surface area (Å²) in [6.45, 7) is 9.03. The number of nitrogens with one attached hydrogen (secondary N) is 1. The lowest BCUT2D eigenvalue weighted by molar-refractivity contribution is 0.327. The van der Waals surface area contributed by atoms with Gasteiger partial charge >= 0.3 is 0 Å². The van der Waals surface area contributed by atoms with Gasteiger partial charge in [0.05, 0.1) is 5.69 Å². The normalized spacial score (nSPS) is 25.6. The van der Waals surface area contributed by atoms with E-state index in [0.717, 1.165) is 4.77 Å². The molecular formula is C13H23N3S. The van der Waals surface area contributed by atoms with E-state index in [4.69, 9.17) is 12.2 Å². The lowest BCUT2D eigenvalue weighted by atomic mass is 9.99. The Morgan fingerprint density at radius 1 is 1.29 bits per heavy atom. The van der Waals surface area contributed by atoms with Crippen molar-refractivity contribution in [2.45, 2.75) is 65.0 Å². The van der Waals surface area contributed by atoms with Crippen LogP contribution < -0.4 is 5.01 Å². The Kier molecular flexibility index (Phi) is 3.61. The SMILES string of the molecule is CC(C)c1c[nH]c(=S)n1N1C(C)CCCC1C. The third-order valence-corrected chi connectivity index (χ3v) is 4.04. The summed E-state index contributed by atoms with van der Waals surface area (Å²) in [4.78, 5) is 3.19. The molecule has 0 bridgehead atoms. The Bertz CT molecular complexity index is 422. The Labute approximate surface area is 109 Å². The van der Waals surface area contributed by atoms with E-state index in [1.807, 2.05) is 0 Å². The van der Waals surface area contributed by atoms with Crippen molar-refractivity contribution >= 4 is 12.2 Å². The van der Waals surface area contributed by atoms with Crippen molar-refractivity contribution in [2.75, 3.05) is 5.01 Å². The first-order chi connectivity index (χ1) is 8.02. The lowest BCUT2D eigenvalue weighted by Gasteiger charge is -2.42. The summed E-state index contributed by atoms with van der Waals surface area (Å²) in [6.07, 6.45) is 5.90. The minimum absolute atomic E-state index is 0.490. The van der Waals surface area contributed by atoms with E-state index in [1.165, 1.54) is 25.0 Å². The van der Waals surface area contributed by atoms with Gasteiger partial charge in [0.1, 0.15) is 0 Å². The van der Waals surface area contributed by atoms with Crippen LogP contribution in [0, 0.1) is 4.77 Å². The monoisotopic (exact) mass is 253 g/mol. The first kappa shape index (κ1) is 12.7. The summed E-state index contributed by atoms with van der Waals surface area (Å²) in [7, 11) is 0. The van der Waals surface area contributed by atoms with Crippen LogP contribution >= 0.6 is 12.2 Å². The molecule has 0 radical (unpaired) electrons. The van der Waals surface area contributed by atoms with E-state index in [1.54, 1.807) is 0 Å². The topological polar surface area (TPSA) is 24.0 Å². The molecule has 3 nitrogen and oxygen atoms in total. The van der Waals surface area contributed by atoms with Gasteiger partial charge in [0.25, 0.3) is 0 Å². The van der Waals surface area contributed by atoms with Crippen molar-refractivity contribution in [2.24, 2.45) is 0 Å². The predicted octanol–water partition coefficient (Wildman–Crippen LogP) is 3.57. The van der Waals surface area contributed by atoms with Gasteiger partial charge in [-0.25, -0.2) is 4.68 Å². The van der Waals surface area contributed by atoms with Crippen LogP contribution in [0.25, 0.3) is 0 Å². The molecule has 2 rings (SSSR count). The van der Waals surface area contributed by atoms with Crippen molar-refractivity contribution in [3.05, 3.63) is 16.7 Å². The summed E-state index contributed by atoms with van der Waals surface area (Å²) in [5, 5.41) is 2.46. The van der Waals surface area contributed by atoms with Crippen LogP contribution in [-0.4, -0.2) is 21.7 Å². The molecule has 1 saturated heterocycles. The Morgan fingerprint density at radius 3 is 2.41 bits per heavy atom. The largest absolute Gasteiger partial charge is 0.336 e. The van der Waals surface area contributed by atoms with E-state index in [9.17, 15) is 0 Å². The molecule has 1 aromatic heterocycles. The zero-order valence-corrected chi connectivity index (χ0v) is 12.0. The van der Waals surface area contributed by atoms with Crippen LogP contribution in [0.2, 0.25) is 0 Å². The third kappa shape index (κ3) is 2.28. The van der Waals surface area contributed by atoms with Crippen LogP contribution in [0.4, 0.5) is 0 Å². The zero-order chi connectivity index (χ0) is 12.6. The minimum atomic E-state index is 0.490. The van der Waals surface area contributed by atoms with Gasteiger partial charge in [-0.1, -0.05) is 13.8 Å². The molecule has 2 heterocycles. The molecule has 1 fully saturated rings.